The first-order valence-electron chi connectivity index (χ1n) is 11.2. The van der Waals surface area contributed by atoms with Crippen molar-refractivity contribution in [2.45, 2.75) is 51.5 Å². The van der Waals surface area contributed by atoms with E-state index in [1.54, 1.807) is 6.92 Å². The van der Waals surface area contributed by atoms with Gasteiger partial charge in [0, 0.05) is 18.2 Å². The Morgan fingerprint density at radius 3 is 2.56 bits per heavy atom. The topological polar surface area (TPSA) is 76.5 Å². The fraction of sp³-hybridized carbons (Fsp3) is 0.522. The van der Waals surface area contributed by atoms with Gasteiger partial charge in [-0.05, 0) is 43.9 Å². The van der Waals surface area contributed by atoms with Crippen molar-refractivity contribution in [1.29, 1.82) is 0 Å². The molecule has 1 saturated carbocycles. The van der Waals surface area contributed by atoms with Gasteiger partial charge in [-0.1, -0.05) is 12.1 Å². The summed E-state index contributed by atoms with van der Waals surface area (Å²) in [6.45, 7) is 2.32. The van der Waals surface area contributed by atoms with Crippen LogP contribution in [0, 0.1) is 11.7 Å². The molecular formula is C23H26F4N4O3. The molecule has 0 unspecified atom stereocenters. The van der Waals surface area contributed by atoms with Crippen molar-refractivity contribution < 1.29 is 31.9 Å². The minimum atomic E-state index is -4.61. The van der Waals surface area contributed by atoms with Gasteiger partial charge in [0.25, 0.3) is 0 Å². The zero-order valence-corrected chi connectivity index (χ0v) is 18.7. The molecule has 2 heterocycles. The molecule has 0 radical (unpaired) electrons. The molecule has 1 aromatic carbocycles. The smallest absolute Gasteiger partial charge is 0.435 e. The van der Waals surface area contributed by atoms with Gasteiger partial charge in [-0.25, -0.2) is 4.39 Å². The first-order valence-corrected chi connectivity index (χ1v) is 11.2. The summed E-state index contributed by atoms with van der Waals surface area (Å²) in [5.41, 5.74) is 0.103. The molecule has 0 spiro atoms. The number of benzene rings is 1. The molecule has 1 aromatic heterocycles. The first kappa shape index (κ1) is 24.2. The largest absolute Gasteiger partial charge is 0.466 e. The summed E-state index contributed by atoms with van der Waals surface area (Å²) < 4.78 is 60.2. The lowest BCUT2D eigenvalue weighted by molar-refractivity contribution is -0.151. The number of hydrogen-bond acceptors (Lipinski definition) is 5. The Kier molecular flexibility index (Phi) is 6.92. The van der Waals surface area contributed by atoms with Gasteiger partial charge in [0.1, 0.15) is 5.82 Å². The average Bonchev–Trinajstić information content (AvgIpc) is 3.12. The lowest BCUT2D eigenvalue weighted by Crippen LogP contribution is -2.49. The lowest BCUT2D eigenvalue weighted by atomic mass is 9.80. The zero-order chi connectivity index (χ0) is 24.5. The summed E-state index contributed by atoms with van der Waals surface area (Å²) in [5.74, 6) is -1.06. The van der Waals surface area contributed by atoms with Crippen molar-refractivity contribution in [2.24, 2.45) is 5.92 Å². The SMILES string of the molecule is CCOC(=O)C1CC(NCC(=O)N2CCc3c(C(F)(F)F)nn(Cc4ccc(F)cc4)c3C2)C1. The Morgan fingerprint density at radius 1 is 1.21 bits per heavy atom. The number of ether oxygens (including phenoxy) is 1. The minimum absolute atomic E-state index is 0.0102. The van der Waals surface area contributed by atoms with E-state index in [1.165, 1.54) is 33.8 Å². The van der Waals surface area contributed by atoms with E-state index < -0.39 is 17.7 Å². The Morgan fingerprint density at radius 2 is 1.91 bits per heavy atom. The third-order valence-electron chi connectivity index (χ3n) is 6.31. The standard InChI is InChI=1S/C23H26F4N4O3/c1-2-34-22(33)15-9-17(10-15)28-11-20(32)30-8-7-18-19(13-30)31(29-21(18)23(25,26)27)12-14-3-5-16(24)6-4-14/h3-6,15,17,28H,2,7-13H2,1H3. The molecule has 0 bridgehead atoms. The molecule has 2 aromatic rings. The van der Waals surface area contributed by atoms with Crippen molar-refractivity contribution in [3.05, 3.63) is 52.6 Å². The molecule has 11 heteroatoms. The van der Waals surface area contributed by atoms with E-state index in [0.29, 0.717) is 30.7 Å². The number of rotatable bonds is 7. The second kappa shape index (κ2) is 9.73. The summed E-state index contributed by atoms with van der Waals surface area (Å²) in [6.07, 6.45) is -3.37. The highest BCUT2D eigenvalue weighted by molar-refractivity contribution is 5.79. The van der Waals surface area contributed by atoms with Crippen molar-refractivity contribution in [3.8, 4) is 0 Å². The fourth-order valence-corrected chi connectivity index (χ4v) is 4.39. The predicted octanol–water partition coefficient (Wildman–Crippen LogP) is 2.91. The maximum Gasteiger partial charge on any atom is 0.435 e. The van der Waals surface area contributed by atoms with E-state index in [4.69, 9.17) is 4.74 Å². The lowest BCUT2D eigenvalue weighted by Gasteiger charge is -2.35. The molecule has 1 amide bonds. The van der Waals surface area contributed by atoms with Crippen molar-refractivity contribution >= 4 is 11.9 Å². The Balaban J connectivity index is 1.41. The molecular weight excluding hydrogens is 456 g/mol. The molecule has 4 rings (SSSR count). The van der Waals surface area contributed by atoms with Gasteiger partial charge in [0.05, 0.1) is 37.9 Å². The van der Waals surface area contributed by atoms with Crippen LogP contribution in [0.2, 0.25) is 0 Å². The van der Waals surface area contributed by atoms with E-state index >= 15 is 0 Å². The molecule has 1 N–H and O–H groups in total. The monoisotopic (exact) mass is 482 g/mol. The van der Waals surface area contributed by atoms with Gasteiger partial charge in [-0.2, -0.15) is 18.3 Å². The fourth-order valence-electron chi connectivity index (χ4n) is 4.39. The third-order valence-corrected chi connectivity index (χ3v) is 6.31. The van der Waals surface area contributed by atoms with Crippen LogP contribution in [0.25, 0.3) is 0 Å². The Labute approximate surface area is 194 Å². The van der Waals surface area contributed by atoms with Crippen LogP contribution in [0.1, 0.15) is 42.3 Å². The Hall–Kier alpha value is -2.95. The number of aromatic nitrogens is 2. The minimum Gasteiger partial charge on any atom is -0.466 e. The molecule has 0 atom stereocenters. The number of fused-ring (bicyclic) bond motifs is 1. The molecule has 2 aliphatic rings. The second-order valence-corrected chi connectivity index (χ2v) is 8.62. The molecule has 7 nitrogen and oxygen atoms in total. The van der Waals surface area contributed by atoms with E-state index in [2.05, 4.69) is 10.4 Å². The van der Waals surface area contributed by atoms with Crippen molar-refractivity contribution in [1.82, 2.24) is 20.0 Å². The number of carbonyl (C=O) groups is 2. The first-order chi connectivity index (χ1) is 16.2. The van der Waals surface area contributed by atoms with E-state index in [-0.39, 0.29) is 62.0 Å². The van der Waals surface area contributed by atoms with Crippen LogP contribution in [-0.2, 0) is 40.0 Å². The number of halogens is 4. The quantitative estimate of drug-likeness (QED) is 0.485. The molecule has 34 heavy (non-hydrogen) atoms. The van der Waals surface area contributed by atoms with Gasteiger partial charge in [0.2, 0.25) is 5.91 Å². The maximum atomic E-state index is 13.6. The van der Waals surface area contributed by atoms with Crippen LogP contribution in [0.3, 0.4) is 0 Å². The highest BCUT2D eigenvalue weighted by Gasteiger charge is 2.41. The van der Waals surface area contributed by atoms with Crippen molar-refractivity contribution in [3.63, 3.8) is 0 Å². The second-order valence-electron chi connectivity index (χ2n) is 8.62. The molecule has 1 fully saturated rings. The van der Waals surface area contributed by atoms with Gasteiger partial charge in [0.15, 0.2) is 5.69 Å². The highest BCUT2D eigenvalue weighted by atomic mass is 19.4. The molecule has 0 saturated heterocycles. The average molecular weight is 482 g/mol. The number of nitrogens with one attached hydrogen (secondary N) is 1. The van der Waals surface area contributed by atoms with Crippen LogP contribution in [0.15, 0.2) is 24.3 Å². The number of hydrogen-bond donors (Lipinski definition) is 1. The van der Waals surface area contributed by atoms with Crippen LogP contribution >= 0.6 is 0 Å². The highest BCUT2D eigenvalue weighted by Crippen LogP contribution is 2.35. The number of esters is 1. The zero-order valence-electron chi connectivity index (χ0n) is 18.7. The van der Waals surface area contributed by atoms with Gasteiger partial charge >= 0.3 is 12.1 Å². The molecule has 1 aliphatic heterocycles. The summed E-state index contributed by atoms with van der Waals surface area (Å²) in [6, 6.07) is 5.50. The Bertz CT molecular complexity index is 1050. The number of amides is 1. The van der Waals surface area contributed by atoms with Gasteiger partial charge in [-0.3, -0.25) is 14.3 Å². The van der Waals surface area contributed by atoms with Gasteiger partial charge in [-0.15, -0.1) is 0 Å². The van der Waals surface area contributed by atoms with Crippen molar-refractivity contribution in [2.75, 3.05) is 19.7 Å². The predicted molar refractivity (Wildman–Crippen MR) is 113 cm³/mol. The van der Waals surface area contributed by atoms with E-state index in [9.17, 15) is 27.2 Å². The summed E-state index contributed by atoms with van der Waals surface area (Å²) >= 11 is 0. The number of carbonyl (C=O) groups excluding carboxylic acids is 2. The van der Waals surface area contributed by atoms with Gasteiger partial charge < -0.3 is 15.0 Å². The summed E-state index contributed by atoms with van der Waals surface area (Å²) in [5, 5.41) is 6.93. The summed E-state index contributed by atoms with van der Waals surface area (Å²) in [4.78, 5) is 26.0. The molecule has 184 valence electrons. The van der Waals surface area contributed by atoms with Crippen LogP contribution in [-0.4, -0.2) is 52.3 Å². The van der Waals surface area contributed by atoms with E-state index in [1.807, 2.05) is 0 Å². The third kappa shape index (κ3) is 5.24. The molecule has 1 aliphatic carbocycles. The number of alkyl halides is 3. The number of nitrogens with zero attached hydrogens (tertiary/aromatic N) is 3. The van der Waals surface area contributed by atoms with Crippen LogP contribution in [0.5, 0.6) is 0 Å². The van der Waals surface area contributed by atoms with Crippen LogP contribution < -0.4 is 5.32 Å². The summed E-state index contributed by atoms with van der Waals surface area (Å²) in [7, 11) is 0. The van der Waals surface area contributed by atoms with Crippen LogP contribution in [0.4, 0.5) is 17.6 Å². The normalized spacial score (nSPS) is 20.0. The maximum absolute atomic E-state index is 13.6. The van der Waals surface area contributed by atoms with E-state index in [0.717, 1.165) is 0 Å².